The molecule has 0 aliphatic rings. The first-order chi connectivity index (χ1) is 29.2. The lowest BCUT2D eigenvalue weighted by atomic mass is 9.94. The maximum absolute atomic E-state index is 6.49. The van der Waals surface area contributed by atoms with Crippen molar-refractivity contribution in [1.82, 2.24) is 4.98 Å². The normalized spacial score (nSPS) is 11.4. The van der Waals surface area contributed by atoms with Crippen LogP contribution in [-0.2, 0) is 0 Å². The molecule has 0 saturated heterocycles. The Morgan fingerprint density at radius 3 is 1.39 bits per heavy atom. The third-order valence-corrected chi connectivity index (χ3v) is 12.2. The number of furan rings is 1. The van der Waals surface area contributed by atoms with Crippen LogP contribution in [0.2, 0.25) is 0 Å². The van der Waals surface area contributed by atoms with Crippen LogP contribution in [0, 0.1) is 0 Å². The zero-order chi connectivity index (χ0) is 39.1. The summed E-state index contributed by atoms with van der Waals surface area (Å²) in [7, 11) is 0. The van der Waals surface area contributed by atoms with E-state index < -0.39 is 0 Å². The van der Waals surface area contributed by atoms with Crippen LogP contribution in [0.3, 0.4) is 0 Å². The number of nitrogens with zero attached hydrogens (tertiary/aromatic N) is 2. The van der Waals surface area contributed by atoms with Crippen molar-refractivity contribution in [3.05, 3.63) is 218 Å². The third kappa shape index (κ3) is 6.56. The van der Waals surface area contributed by atoms with Crippen molar-refractivity contribution in [3.63, 3.8) is 0 Å². The van der Waals surface area contributed by atoms with Crippen LogP contribution >= 0.6 is 11.3 Å². The summed E-state index contributed by atoms with van der Waals surface area (Å²) >= 11 is 1.72. The van der Waals surface area contributed by atoms with Gasteiger partial charge in [0, 0.05) is 39.5 Å². The smallest absolute Gasteiger partial charge is 0.137 e. The molecule has 11 aromatic rings. The van der Waals surface area contributed by atoms with Gasteiger partial charge < -0.3 is 9.32 Å². The molecule has 0 amide bonds. The van der Waals surface area contributed by atoms with E-state index >= 15 is 0 Å². The summed E-state index contributed by atoms with van der Waals surface area (Å²) < 4.78 is 7.64. The minimum Gasteiger partial charge on any atom is -0.456 e. The molecular weight excluding hydrogens is 737 g/mol. The lowest BCUT2D eigenvalue weighted by Crippen LogP contribution is -2.09. The van der Waals surface area contributed by atoms with Crippen molar-refractivity contribution in [2.24, 2.45) is 0 Å². The Morgan fingerprint density at radius 1 is 0.356 bits per heavy atom. The molecule has 0 spiro atoms. The molecule has 9 aromatic carbocycles. The first kappa shape index (κ1) is 34.7. The van der Waals surface area contributed by atoms with E-state index in [0.717, 1.165) is 70.9 Å². The highest BCUT2D eigenvalue weighted by atomic mass is 32.1. The first-order valence-corrected chi connectivity index (χ1v) is 20.7. The van der Waals surface area contributed by atoms with E-state index in [4.69, 9.17) is 9.40 Å². The molecule has 0 unspecified atom stereocenters. The predicted octanol–water partition coefficient (Wildman–Crippen LogP) is 16.0. The number of hydrogen-bond acceptors (Lipinski definition) is 4. The number of anilines is 3. The molecular formula is C55H36N2OS. The number of aromatic nitrogens is 1. The Bertz CT molecular complexity index is 3230. The molecule has 59 heavy (non-hydrogen) atoms. The molecule has 0 aliphatic carbocycles. The highest BCUT2D eigenvalue weighted by Crippen LogP contribution is 2.41. The van der Waals surface area contributed by atoms with Gasteiger partial charge in [-0.05, 0) is 99.1 Å². The fraction of sp³-hybridized carbons (Fsp3) is 0. The molecule has 0 radical (unpaired) electrons. The van der Waals surface area contributed by atoms with Gasteiger partial charge in [-0.25, -0.2) is 4.98 Å². The molecule has 278 valence electrons. The van der Waals surface area contributed by atoms with Crippen molar-refractivity contribution < 1.29 is 4.42 Å². The Morgan fingerprint density at radius 2 is 0.797 bits per heavy atom. The van der Waals surface area contributed by atoms with E-state index in [9.17, 15) is 0 Å². The van der Waals surface area contributed by atoms with Crippen LogP contribution in [0.5, 0.6) is 0 Å². The molecule has 4 heteroatoms. The second-order valence-electron chi connectivity index (χ2n) is 14.8. The summed E-state index contributed by atoms with van der Waals surface area (Å²) in [5.74, 6) is 0. The Kier molecular flexibility index (Phi) is 8.68. The topological polar surface area (TPSA) is 29.3 Å². The Labute approximate surface area is 346 Å². The Balaban J connectivity index is 0.933. The van der Waals surface area contributed by atoms with Crippen LogP contribution in [0.4, 0.5) is 17.1 Å². The van der Waals surface area contributed by atoms with Gasteiger partial charge in [0.15, 0.2) is 0 Å². The molecule has 11 rings (SSSR count). The predicted molar refractivity (Wildman–Crippen MR) is 249 cm³/mol. The van der Waals surface area contributed by atoms with Crippen molar-refractivity contribution in [1.29, 1.82) is 0 Å². The highest BCUT2D eigenvalue weighted by Gasteiger charge is 2.17. The summed E-state index contributed by atoms with van der Waals surface area (Å²) in [5.41, 5.74) is 16.5. The lowest BCUT2D eigenvalue weighted by molar-refractivity contribution is 0.669. The average molecular weight is 773 g/mol. The van der Waals surface area contributed by atoms with Gasteiger partial charge >= 0.3 is 0 Å². The molecule has 2 heterocycles. The second-order valence-corrected chi connectivity index (χ2v) is 15.8. The summed E-state index contributed by atoms with van der Waals surface area (Å²) in [6.07, 6.45) is 0. The number of hydrogen-bond donors (Lipinski definition) is 0. The van der Waals surface area contributed by atoms with Crippen LogP contribution in [0.15, 0.2) is 223 Å². The molecule has 3 nitrogen and oxygen atoms in total. The van der Waals surface area contributed by atoms with Gasteiger partial charge in [-0.2, -0.15) is 0 Å². The third-order valence-electron chi connectivity index (χ3n) is 11.1. The number of fused-ring (bicyclic) bond motifs is 4. The largest absolute Gasteiger partial charge is 0.456 e. The van der Waals surface area contributed by atoms with E-state index in [1.165, 1.54) is 33.4 Å². The standard InChI is InChI=1S/C55H36N2OS/c1-4-12-37(13-5-1)38-20-27-44(28-21-38)57(46-31-24-41(25-32-46)48-19-11-10-18-47(48)40-14-6-2-7-15-40)45-29-22-39(23-30-45)43-26-33-49-50-35-54-51(36-53(50)58-52(49)34-43)56-55(59-54)42-16-8-3-9-17-42/h1-36H. The van der Waals surface area contributed by atoms with E-state index in [1.54, 1.807) is 11.3 Å². The molecule has 0 aliphatic heterocycles. The molecule has 0 fully saturated rings. The monoisotopic (exact) mass is 772 g/mol. The summed E-state index contributed by atoms with van der Waals surface area (Å²) in [6.45, 7) is 0. The number of benzene rings is 9. The van der Waals surface area contributed by atoms with Gasteiger partial charge in [-0.3, -0.25) is 0 Å². The molecule has 0 bridgehead atoms. The second kappa shape index (κ2) is 14.8. The minimum absolute atomic E-state index is 0.855. The maximum Gasteiger partial charge on any atom is 0.137 e. The van der Waals surface area contributed by atoms with E-state index in [0.29, 0.717) is 0 Å². The first-order valence-electron chi connectivity index (χ1n) is 19.9. The van der Waals surface area contributed by atoms with Crippen molar-refractivity contribution >= 4 is 60.6 Å². The van der Waals surface area contributed by atoms with E-state index in [-0.39, 0.29) is 0 Å². The quantitative estimate of drug-likeness (QED) is 0.154. The van der Waals surface area contributed by atoms with Crippen LogP contribution in [0.1, 0.15) is 0 Å². The summed E-state index contributed by atoms with van der Waals surface area (Å²) in [4.78, 5) is 7.27. The van der Waals surface area contributed by atoms with Crippen LogP contribution in [-0.4, -0.2) is 4.98 Å². The van der Waals surface area contributed by atoms with Gasteiger partial charge in [0.2, 0.25) is 0 Å². The van der Waals surface area contributed by atoms with Crippen LogP contribution < -0.4 is 4.90 Å². The molecule has 2 aromatic heterocycles. The average Bonchev–Trinajstić information content (AvgIpc) is 3.90. The van der Waals surface area contributed by atoms with Gasteiger partial charge in [-0.1, -0.05) is 158 Å². The maximum atomic E-state index is 6.49. The van der Waals surface area contributed by atoms with E-state index in [2.05, 4.69) is 217 Å². The summed E-state index contributed by atoms with van der Waals surface area (Å²) in [6, 6.07) is 77.6. The van der Waals surface area contributed by atoms with Gasteiger partial charge in [-0.15, -0.1) is 11.3 Å². The number of thiazole rings is 1. The zero-order valence-electron chi connectivity index (χ0n) is 32.0. The highest BCUT2D eigenvalue weighted by molar-refractivity contribution is 7.21. The minimum atomic E-state index is 0.855. The SMILES string of the molecule is c1ccc(-c2ccc(N(c3ccc(-c4ccc5c(c4)oc4cc6nc(-c7ccccc7)sc6cc45)cc3)c3ccc(-c4ccccc4-c4ccccc4)cc3)cc2)cc1. The molecule has 0 N–H and O–H groups in total. The lowest BCUT2D eigenvalue weighted by Gasteiger charge is -2.26. The van der Waals surface area contributed by atoms with E-state index in [1.807, 2.05) is 6.07 Å². The molecule has 0 atom stereocenters. The zero-order valence-corrected chi connectivity index (χ0v) is 32.8. The molecule has 0 saturated carbocycles. The van der Waals surface area contributed by atoms with Gasteiger partial charge in [0.1, 0.15) is 16.2 Å². The number of rotatable bonds is 8. The summed E-state index contributed by atoms with van der Waals surface area (Å²) in [5, 5.41) is 3.24. The fourth-order valence-electron chi connectivity index (χ4n) is 8.16. The van der Waals surface area contributed by atoms with Crippen LogP contribution in [0.25, 0.3) is 87.2 Å². The fourth-order valence-corrected chi connectivity index (χ4v) is 9.15. The van der Waals surface area contributed by atoms with Crippen molar-refractivity contribution in [3.8, 4) is 55.1 Å². The Hall–Kier alpha value is -7.53. The van der Waals surface area contributed by atoms with Gasteiger partial charge in [0.25, 0.3) is 0 Å². The van der Waals surface area contributed by atoms with Gasteiger partial charge in [0.05, 0.1) is 10.2 Å². The van der Waals surface area contributed by atoms with Crippen molar-refractivity contribution in [2.45, 2.75) is 0 Å². The van der Waals surface area contributed by atoms with Crippen molar-refractivity contribution in [2.75, 3.05) is 4.90 Å².